The fourth-order valence-electron chi connectivity index (χ4n) is 1.47. The van der Waals surface area contributed by atoms with Gasteiger partial charge in [-0.25, -0.2) is 0 Å². The van der Waals surface area contributed by atoms with Crippen molar-refractivity contribution in [3.63, 3.8) is 0 Å². The summed E-state index contributed by atoms with van der Waals surface area (Å²) in [5.74, 6) is 0. The molecule has 0 N–H and O–H groups in total. The molecule has 0 atom stereocenters. The molecule has 0 radical (unpaired) electrons. The van der Waals surface area contributed by atoms with Crippen molar-refractivity contribution in [1.82, 2.24) is 0 Å². The first-order valence-corrected chi connectivity index (χ1v) is 5.06. The molecule has 0 bridgehead atoms. The Morgan fingerprint density at radius 3 is 2.55 bits per heavy atom. The predicted octanol–water partition coefficient (Wildman–Crippen LogP) is 2.23. The van der Waals surface area contributed by atoms with Gasteiger partial charge >= 0.3 is 0 Å². The average molecular weight is 218 g/mol. The summed E-state index contributed by atoms with van der Waals surface area (Å²) in [6.45, 7) is 0.646. The number of hydrogen-bond donors (Lipinski definition) is 0. The molecule has 0 spiro atoms. The zero-order chi connectivity index (χ0) is 8.16. The van der Waals surface area contributed by atoms with Crippen molar-refractivity contribution >= 4 is 15.9 Å². The Labute approximate surface area is 75.7 Å². The summed E-state index contributed by atoms with van der Waals surface area (Å²) in [4.78, 5) is 0. The highest BCUT2D eigenvalue weighted by atomic mass is 79.9. The van der Waals surface area contributed by atoms with Crippen LogP contribution in [0.1, 0.15) is 25.7 Å². The van der Waals surface area contributed by atoms with Crippen LogP contribution in [0.2, 0.25) is 0 Å². The average Bonchev–Trinajstić information content (AvgIpc) is 2.50. The van der Waals surface area contributed by atoms with Gasteiger partial charge in [-0.15, -0.1) is 0 Å². The normalized spacial score (nSPS) is 21.5. The van der Waals surface area contributed by atoms with Gasteiger partial charge in [0.1, 0.15) is 0 Å². The lowest BCUT2D eigenvalue weighted by Gasteiger charge is -2.19. The van der Waals surface area contributed by atoms with E-state index in [1.165, 1.54) is 0 Å². The first kappa shape index (κ1) is 9.02. The molecule has 0 aromatic rings. The van der Waals surface area contributed by atoms with Crippen molar-refractivity contribution in [2.45, 2.75) is 31.3 Å². The van der Waals surface area contributed by atoms with Crippen LogP contribution in [0.15, 0.2) is 0 Å². The van der Waals surface area contributed by atoms with E-state index in [2.05, 4.69) is 22.0 Å². The number of nitrogens with zero attached hydrogens (tertiary/aromatic N) is 1. The monoisotopic (exact) mass is 217 g/mol. The van der Waals surface area contributed by atoms with Crippen molar-refractivity contribution in [2.75, 3.05) is 11.9 Å². The first-order valence-electron chi connectivity index (χ1n) is 3.94. The molecule has 0 unspecified atom stereocenters. The summed E-state index contributed by atoms with van der Waals surface area (Å²) in [5, 5.41) is 9.67. The van der Waals surface area contributed by atoms with E-state index in [0.29, 0.717) is 6.61 Å². The standard InChI is InChI=1S/C8H12BrNO/c9-5-6-11-8(7-10)3-1-2-4-8/h1-6H2. The molecule has 1 fully saturated rings. The molecule has 0 aromatic carbocycles. The van der Waals surface area contributed by atoms with Gasteiger partial charge in [-0.3, -0.25) is 0 Å². The molecule has 0 amide bonds. The molecule has 2 nitrogen and oxygen atoms in total. The first-order chi connectivity index (χ1) is 5.33. The smallest absolute Gasteiger partial charge is 0.154 e. The molecule has 0 heterocycles. The zero-order valence-electron chi connectivity index (χ0n) is 6.48. The highest BCUT2D eigenvalue weighted by Crippen LogP contribution is 2.32. The van der Waals surface area contributed by atoms with Crippen molar-refractivity contribution < 1.29 is 4.74 Å². The zero-order valence-corrected chi connectivity index (χ0v) is 8.06. The minimum absolute atomic E-state index is 0.437. The van der Waals surface area contributed by atoms with Gasteiger partial charge < -0.3 is 4.74 Å². The van der Waals surface area contributed by atoms with Crippen LogP contribution in [0.25, 0.3) is 0 Å². The molecule has 0 saturated heterocycles. The summed E-state index contributed by atoms with van der Waals surface area (Å²) in [5.41, 5.74) is -0.437. The van der Waals surface area contributed by atoms with Gasteiger partial charge in [0.15, 0.2) is 5.60 Å². The Morgan fingerprint density at radius 2 is 2.09 bits per heavy atom. The number of ether oxygens (including phenoxy) is 1. The number of nitriles is 1. The summed E-state index contributed by atoms with van der Waals surface area (Å²) >= 11 is 3.28. The third kappa shape index (κ3) is 2.18. The van der Waals surface area contributed by atoms with Crippen molar-refractivity contribution in [3.05, 3.63) is 0 Å². The van der Waals surface area contributed by atoms with E-state index in [-0.39, 0.29) is 0 Å². The molecular weight excluding hydrogens is 206 g/mol. The van der Waals surface area contributed by atoms with Gasteiger partial charge in [0, 0.05) is 5.33 Å². The molecular formula is C8H12BrNO. The van der Waals surface area contributed by atoms with E-state index >= 15 is 0 Å². The van der Waals surface area contributed by atoms with Gasteiger partial charge in [0.2, 0.25) is 0 Å². The van der Waals surface area contributed by atoms with Gasteiger partial charge in [-0.05, 0) is 25.7 Å². The van der Waals surface area contributed by atoms with Crippen molar-refractivity contribution in [2.24, 2.45) is 0 Å². The molecule has 1 saturated carbocycles. The maximum Gasteiger partial charge on any atom is 0.154 e. The van der Waals surface area contributed by atoms with Crippen LogP contribution in [-0.4, -0.2) is 17.5 Å². The Bertz CT molecular complexity index is 158. The predicted molar refractivity (Wildman–Crippen MR) is 46.6 cm³/mol. The quantitative estimate of drug-likeness (QED) is 0.680. The van der Waals surface area contributed by atoms with E-state index in [1.54, 1.807) is 0 Å². The van der Waals surface area contributed by atoms with Crippen LogP contribution < -0.4 is 0 Å². The lowest BCUT2D eigenvalue weighted by Crippen LogP contribution is -2.27. The SMILES string of the molecule is N#CC1(OCCBr)CCCC1. The molecule has 11 heavy (non-hydrogen) atoms. The molecule has 0 aromatic heterocycles. The van der Waals surface area contributed by atoms with E-state index in [0.717, 1.165) is 31.0 Å². The Morgan fingerprint density at radius 1 is 1.45 bits per heavy atom. The summed E-state index contributed by atoms with van der Waals surface area (Å²) < 4.78 is 5.48. The van der Waals surface area contributed by atoms with Crippen molar-refractivity contribution in [3.8, 4) is 6.07 Å². The molecule has 1 rings (SSSR count). The second-order valence-electron chi connectivity index (χ2n) is 2.85. The Hall–Kier alpha value is -0.0700. The number of halogens is 1. The van der Waals surface area contributed by atoms with Gasteiger partial charge in [-0.1, -0.05) is 15.9 Å². The lowest BCUT2D eigenvalue weighted by molar-refractivity contribution is 0.0131. The second-order valence-corrected chi connectivity index (χ2v) is 3.64. The molecule has 0 aliphatic heterocycles. The molecule has 3 heteroatoms. The second kappa shape index (κ2) is 4.08. The molecule has 1 aliphatic rings. The Balaban J connectivity index is 2.41. The fraction of sp³-hybridized carbons (Fsp3) is 0.875. The number of alkyl halides is 1. The minimum Gasteiger partial charge on any atom is -0.359 e. The summed E-state index contributed by atoms with van der Waals surface area (Å²) in [7, 11) is 0. The van der Waals surface area contributed by atoms with E-state index in [4.69, 9.17) is 10.00 Å². The topological polar surface area (TPSA) is 33.0 Å². The molecule has 1 aliphatic carbocycles. The number of rotatable bonds is 3. The van der Waals surface area contributed by atoms with Gasteiger partial charge in [0.25, 0.3) is 0 Å². The van der Waals surface area contributed by atoms with Gasteiger partial charge in [-0.2, -0.15) is 5.26 Å². The highest BCUT2D eigenvalue weighted by molar-refractivity contribution is 9.09. The van der Waals surface area contributed by atoms with Crippen LogP contribution in [0.4, 0.5) is 0 Å². The maximum absolute atomic E-state index is 8.85. The largest absolute Gasteiger partial charge is 0.359 e. The van der Waals surface area contributed by atoms with Crippen LogP contribution >= 0.6 is 15.9 Å². The van der Waals surface area contributed by atoms with Crippen molar-refractivity contribution in [1.29, 1.82) is 5.26 Å². The fourth-order valence-corrected chi connectivity index (χ4v) is 1.63. The van der Waals surface area contributed by atoms with E-state index in [9.17, 15) is 0 Å². The van der Waals surface area contributed by atoms with E-state index < -0.39 is 5.60 Å². The summed E-state index contributed by atoms with van der Waals surface area (Å²) in [6.07, 6.45) is 4.10. The van der Waals surface area contributed by atoms with Crippen LogP contribution in [-0.2, 0) is 4.74 Å². The number of hydrogen-bond acceptors (Lipinski definition) is 2. The van der Waals surface area contributed by atoms with Crippen LogP contribution in [0.5, 0.6) is 0 Å². The maximum atomic E-state index is 8.85. The van der Waals surface area contributed by atoms with Crippen LogP contribution in [0.3, 0.4) is 0 Å². The molecule has 62 valence electrons. The van der Waals surface area contributed by atoms with Gasteiger partial charge in [0.05, 0.1) is 12.7 Å². The highest BCUT2D eigenvalue weighted by Gasteiger charge is 2.34. The third-order valence-corrected chi connectivity index (χ3v) is 2.39. The third-order valence-electron chi connectivity index (χ3n) is 2.07. The summed E-state index contributed by atoms with van der Waals surface area (Å²) in [6, 6.07) is 2.27. The van der Waals surface area contributed by atoms with E-state index in [1.807, 2.05) is 0 Å². The minimum atomic E-state index is -0.437. The lowest BCUT2D eigenvalue weighted by atomic mass is 10.1. The van der Waals surface area contributed by atoms with Crippen LogP contribution in [0, 0.1) is 11.3 Å². The Kier molecular flexibility index (Phi) is 3.35.